The lowest BCUT2D eigenvalue weighted by Gasteiger charge is -2.06. The molecule has 0 aliphatic heterocycles. The van der Waals surface area contributed by atoms with Crippen molar-refractivity contribution in [3.05, 3.63) is 17.3 Å². The molecule has 0 saturated heterocycles. The zero-order chi connectivity index (χ0) is 13.0. The van der Waals surface area contributed by atoms with Gasteiger partial charge in [-0.15, -0.1) is 23.1 Å². The van der Waals surface area contributed by atoms with Crippen LogP contribution in [0, 0.1) is 5.92 Å². The summed E-state index contributed by atoms with van der Waals surface area (Å²) in [6, 6.07) is 0. The number of hydrogen-bond acceptors (Lipinski definition) is 4. The van der Waals surface area contributed by atoms with E-state index in [9.17, 15) is 0 Å². The molecule has 0 radical (unpaired) electrons. The van der Waals surface area contributed by atoms with Gasteiger partial charge in [0, 0.05) is 18.1 Å². The summed E-state index contributed by atoms with van der Waals surface area (Å²) in [7, 11) is 0. The van der Waals surface area contributed by atoms with Gasteiger partial charge in [0.05, 0.1) is 5.69 Å². The van der Waals surface area contributed by atoms with Crippen LogP contribution in [0.3, 0.4) is 0 Å². The quantitative estimate of drug-likeness (QED) is 0.787. The molecule has 18 heavy (non-hydrogen) atoms. The Morgan fingerprint density at radius 3 is 3.06 bits per heavy atom. The summed E-state index contributed by atoms with van der Waals surface area (Å²) in [6.45, 7) is 8.57. The highest BCUT2D eigenvalue weighted by molar-refractivity contribution is 7.99. The number of imidazole rings is 1. The Bertz CT molecular complexity index is 487. The van der Waals surface area contributed by atoms with Crippen LogP contribution in [-0.4, -0.2) is 21.7 Å². The third-order valence-corrected chi connectivity index (χ3v) is 4.60. The predicted octanol–water partition coefficient (Wildman–Crippen LogP) is 3.64. The number of nitrogens with zero attached hydrogens (tertiary/aromatic N) is 2. The summed E-state index contributed by atoms with van der Waals surface area (Å²) in [5.74, 6) is 1.92. The van der Waals surface area contributed by atoms with Crippen LogP contribution in [0.2, 0.25) is 0 Å². The molecule has 0 saturated carbocycles. The number of nitrogens with one attached hydrogen (secondary N) is 1. The van der Waals surface area contributed by atoms with Crippen molar-refractivity contribution in [3.63, 3.8) is 0 Å². The Hall–Kier alpha value is -0.520. The molecule has 0 aliphatic rings. The van der Waals surface area contributed by atoms with Crippen LogP contribution >= 0.6 is 23.1 Å². The van der Waals surface area contributed by atoms with Crippen LogP contribution in [0.4, 0.5) is 0 Å². The van der Waals surface area contributed by atoms with Gasteiger partial charge in [0.2, 0.25) is 0 Å². The zero-order valence-corrected chi connectivity index (χ0v) is 12.9. The summed E-state index contributed by atoms with van der Waals surface area (Å²) in [5, 5.41) is 6.70. The summed E-state index contributed by atoms with van der Waals surface area (Å²) in [6.07, 6.45) is 3.36. The Morgan fingerprint density at radius 2 is 2.33 bits per heavy atom. The van der Waals surface area contributed by atoms with Crippen LogP contribution in [0.25, 0.3) is 4.96 Å². The van der Waals surface area contributed by atoms with E-state index in [-0.39, 0.29) is 0 Å². The fourth-order valence-corrected chi connectivity index (χ4v) is 3.79. The van der Waals surface area contributed by atoms with Gasteiger partial charge in [0.15, 0.2) is 4.96 Å². The van der Waals surface area contributed by atoms with Crippen LogP contribution in [-0.2, 0) is 6.54 Å². The second-order valence-electron chi connectivity index (χ2n) is 4.73. The standard InChI is InChI=1S/C13H21N3S2/c1-4-14-9-11-12(17-7-5-10(2)3)15-13-16(11)6-8-18-13/h6,8,10,14H,4-5,7,9H2,1-3H3. The Balaban J connectivity index is 2.11. The van der Waals surface area contributed by atoms with Crippen molar-refractivity contribution in [3.8, 4) is 0 Å². The molecule has 100 valence electrons. The zero-order valence-electron chi connectivity index (χ0n) is 11.3. The molecule has 2 rings (SSSR count). The molecule has 1 N–H and O–H groups in total. The van der Waals surface area contributed by atoms with Crippen molar-refractivity contribution in [2.45, 2.75) is 38.8 Å². The smallest absolute Gasteiger partial charge is 0.194 e. The molecule has 2 aromatic heterocycles. The highest BCUT2D eigenvalue weighted by atomic mass is 32.2. The molecule has 0 atom stereocenters. The van der Waals surface area contributed by atoms with E-state index in [2.05, 4.69) is 42.1 Å². The van der Waals surface area contributed by atoms with Crippen molar-refractivity contribution in [2.24, 2.45) is 5.92 Å². The minimum atomic E-state index is 0.762. The van der Waals surface area contributed by atoms with E-state index < -0.39 is 0 Å². The molecule has 0 amide bonds. The summed E-state index contributed by atoms with van der Waals surface area (Å²) < 4.78 is 2.21. The second kappa shape index (κ2) is 6.59. The van der Waals surface area contributed by atoms with Crippen molar-refractivity contribution < 1.29 is 0 Å². The van der Waals surface area contributed by atoms with E-state index in [1.807, 2.05) is 11.8 Å². The summed E-state index contributed by atoms with van der Waals surface area (Å²) in [5.41, 5.74) is 1.31. The molecule has 2 heterocycles. The Morgan fingerprint density at radius 1 is 1.50 bits per heavy atom. The number of thioether (sulfide) groups is 1. The third kappa shape index (κ3) is 3.28. The van der Waals surface area contributed by atoms with Crippen molar-refractivity contribution >= 4 is 28.1 Å². The lowest BCUT2D eigenvalue weighted by Crippen LogP contribution is -2.13. The maximum Gasteiger partial charge on any atom is 0.194 e. The van der Waals surface area contributed by atoms with Gasteiger partial charge in [0.1, 0.15) is 5.03 Å². The van der Waals surface area contributed by atoms with Crippen molar-refractivity contribution in [1.29, 1.82) is 0 Å². The van der Waals surface area contributed by atoms with Crippen LogP contribution in [0.15, 0.2) is 16.6 Å². The third-order valence-electron chi connectivity index (χ3n) is 2.80. The lowest BCUT2D eigenvalue weighted by molar-refractivity contribution is 0.631. The SMILES string of the molecule is CCNCc1c(SCCC(C)C)nc2sccn12. The van der Waals surface area contributed by atoms with E-state index in [1.54, 1.807) is 11.3 Å². The molecule has 5 heteroatoms. The number of rotatable bonds is 7. The molecule has 0 unspecified atom stereocenters. The molecule has 0 bridgehead atoms. The molecule has 0 spiro atoms. The Labute approximate surface area is 117 Å². The van der Waals surface area contributed by atoms with E-state index in [0.29, 0.717) is 0 Å². The van der Waals surface area contributed by atoms with E-state index in [1.165, 1.54) is 17.1 Å². The first-order valence-electron chi connectivity index (χ1n) is 6.50. The van der Waals surface area contributed by atoms with Crippen LogP contribution < -0.4 is 5.32 Å². The summed E-state index contributed by atoms with van der Waals surface area (Å²) in [4.78, 5) is 5.83. The van der Waals surface area contributed by atoms with Gasteiger partial charge in [0.25, 0.3) is 0 Å². The molecule has 0 aliphatic carbocycles. The highest BCUT2D eigenvalue weighted by Crippen LogP contribution is 2.27. The van der Waals surface area contributed by atoms with E-state index >= 15 is 0 Å². The van der Waals surface area contributed by atoms with Gasteiger partial charge in [-0.2, -0.15) is 0 Å². The number of thiazole rings is 1. The van der Waals surface area contributed by atoms with Crippen molar-refractivity contribution in [1.82, 2.24) is 14.7 Å². The molecule has 2 aromatic rings. The lowest BCUT2D eigenvalue weighted by atomic mass is 10.2. The van der Waals surface area contributed by atoms with Gasteiger partial charge >= 0.3 is 0 Å². The molecular formula is C13H21N3S2. The van der Waals surface area contributed by atoms with Gasteiger partial charge in [-0.05, 0) is 24.6 Å². The van der Waals surface area contributed by atoms with E-state index in [0.717, 1.165) is 29.7 Å². The predicted molar refractivity (Wildman–Crippen MR) is 80.6 cm³/mol. The average molecular weight is 283 g/mol. The number of fused-ring (bicyclic) bond motifs is 1. The van der Waals surface area contributed by atoms with Gasteiger partial charge in [-0.3, -0.25) is 4.40 Å². The largest absolute Gasteiger partial charge is 0.311 e. The normalized spacial score (nSPS) is 11.8. The maximum absolute atomic E-state index is 4.73. The first kappa shape index (κ1) is 13.9. The first-order chi connectivity index (χ1) is 8.72. The fraction of sp³-hybridized carbons (Fsp3) is 0.615. The summed E-state index contributed by atoms with van der Waals surface area (Å²) >= 11 is 3.60. The monoisotopic (exact) mass is 283 g/mol. The number of hydrogen-bond donors (Lipinski definition) is 1. The first-order valence-corrected chi connectivity index (χ1v) is 8.36. The Kier molecular flexibility index (Phi) is 5.09. The van der Waals surface area contributed by atoms with Gasteiger partial charge in [-0.25, -0.2) is 4.98 Å². The van der Waals surface area contributed by atoms with Gasteiger partial charge < -0.3 is 5.32 Å². The fourth-order valence-electron chi connectivity index (χ4n) is 1.72. The van der Waals surface area contributed by atoms with Crippen molar-refractivity contribution in [2.75, 3.05) is 12.3 Å². The highest BCUT2D eigenvalue weighted by Gasteiger charge is 2.13. The van der Waals surface area contributed by atoms with Crippen LogP contribution in [0.5, 0.6) is 0 Å². The number of aromatic nitrogens is 2. The van der Waals surface area contributed by atoms with Crippen LogP contribution in [0.1, 0.15) is 32.9 Å². The molecule has 3 nitrogen and oxygen atoms in total. The molecule has 0 fully saturated rings. The van der Waals surface area contributed by atoms with Gasteiger partial charge in [-0.1, -0.05) is 20.8 Å². The van der Waals surface area contributed by atoms with E-state index in [4.69, 9.17) is 4.98 Å². The minimum Gasteiger partial charge on any atom is -0.311 e. The second-order valence-corrected chi connectivity index (χ2v) is 6.69. The molecule has 0 aromatic carbocycles. The maximum atomic E-state index is 4.73. The topological polar surface area (TPSA) is 29.3 Å². The molecular weight excluding hydrogens is 262 g/mol. The average Bonchev–Trinajstić information content (AvgIpc) is 2.87. The minimum absolute atomic E-state index is 0.762.